The van der Waals surface area contributed by atoms with Gasteiger partial charge in [0.25, 0.3) is 0 Å². The zero-order chi connectivity index (χ0) is 15.7. The van der Waals surface area contributed by atoms with Crippen molar-refractivity contribution in [2.75, 3.05) is 0 Å². The molecule has 1 saturated heterocycles. The Hall–Kier alpha value is -2.33. The van der Waals surface area contributed by atoms with Crippen molar-refractivity contribution < 1.29 is 19.4 Å². The molecule has 0 unspecified atom stereocenters. The van der Waals surface area contributed by atoms with Crippen LogP contribution in [0, 0.1) is 0 Å². The lowest BCUT2D eigenvalue weighted by Gasteiger charge is -2.14. The summed E-state index contributed by atoms with van der Waals surface area (Å²) in [4.78, 5) is 12.6. The van der Waals surface area contributed by atoms with Crippen LogP contribution in [0.3, 0.4) is 0 Å². The smallest absolute Gasteiger partial charge is 0.202 e. The van der Waals surface area contributed by atoms with Crippen molar-refractivity contribution in [3.8, 4) is 11.5 Å². The van der Waals surface area contributed by atoms with E-state index in [0.717, 1.165) is 5.56 Å². The molecule has 1 heterocycles. The molecule has 4 heteroatoms. The Morgan fingerprint density at radius 1 is 1.14 bits per heavy atom. The molecule has 3 rings (SSSR count). The minimum Gasteiger partial charge on any atom is -0.507 e. The van der Waals surface area contributed by atoms with E-state index in [2.05, 4.69) is 0 Å². The Morgan fingerprint density at radius 3 is 2.55 bits per heavy atom. The SMILES string of the molecule is CC(C)Oc1cccc(O)c1C(=O)[C@H]1O[C@@H]1c1ccccc1. The van der Waals surface area contributed by atoms with Crippen molar-refractivity contribution in [1.29, 1.82) is 0 Å². The van der Waals surface area contributed by atoms with E-state index in [4.69, 9.17) is 9.47 Å². The van der Waals surface area contributed by atoms with Crippen LogP contribution >= 0.6 is 0 Å². The lowest BCUT2D eigenvalue weighted by molar-refractivity contribution is 0.0945. The molecule has 4 nitrogen and oxygen atoms in total. The molecule has 1 aliphatic rings. The van der Waals surface area contributed by atoms with Crippen LogP contribution in [0.1, 0.15) is 35.9 Å². The van der Waals surface area contributed by atoms with E-state index < -0.39 is 6.10 Å². The monoisotopic (exact) mass is 298 g/mol. The van der Waals surface area contributed by atoms with Crippen molar-refractivity contribution >= 4 is 5.78 Å². The van der Waals surface area contributed by atoms with Gasteiger partial charge in [0.2, 0.25) is 5.78 Å². The normalized spacial score (nSPS) is 20.0. The van der Waals surface area contributed by atoms with Gasteiger partial charge < -0.3 is 14.6 Å². The Kier molecular flexibility index (Phi) is 3.86. The van der Waals surface area contributed by atoms with Gasteiger partial charge in [-0.05, 0) is 31.5 Å². The summed E-state index contributed by atoms with van der Waals surface area (Å²) >= 11 is 0. The largest absolute Gasteiger partial charge is 0.507 e. The average molecular weight is 298 g/mol. The van der Waals surface area contributed by atoms with Crippen LogP contribution in [0.2, 0.25) is 0 Å². The average Bonchev–Trinajstić information content (AvgIpc) is 3.28. The molecule has 0 aromatic heterocycles. The predicted molar refractivity (Wildman–Crippen MR) is 82.3 cm³/mol. The summed E-state index contributed by atoms with van der Waals surface area (Å²) in [6, 6.07) is 14.4. The summed E-state index contributed by atoms with van der Waals surface area (Å²) in [7, 11) is 0. The van der Waals surface area contributed by atoms with Crippen LogP contribution in [-0.2, 0) is 4.74 Å². The molecule has 0 amide bonds. The van der Waals surface area contributed by atoms with E-state index in [-0.39, 0.29) is 29.3 Å². The third-order valence-corrected chi connectivity index (χ3v) is 3.49. The van der Waals surface area contributed by atoms with Crippen molar-refractivity contribution in [2.45, 2.75) is 32.2 Å². The molecule has 2 atom stereocenters. The third-order valence-electron chi connectivity index (χ3n) is 3.49. The van der Waals surface area contributed by atoms with Gasteiger partial charge in [-0.2, -0.15) is 0 Å². The minimum absolute atomic E-state index is 0.0783. The van der Waals surface area contributed by atoms with Gasteiger partial charge in [-0.15, -0.1) is 0 Å². The molecular weight excluding hydrogens is 280 g/mol. The Balaban J connectivity index is 1.85. The molecule has 2 aromatic rings. The molecule has 1 fully saturated rings. The number of ether oxygens (including phenoxy) is 2. The molecule has 114 valence electrons. The van der Waals surface area contributed by atoms with Crippen molar-refractivity contribution in [3.63, 3.8) is 0 Å². The fourth-order valence-corrected chi connectivity index (χ4v) is 2.47. The van der Waals surface area contributed by atoms with Crippen LogP contribution in [0.25, 0.3) is 0 Å². The zero-order valence-corrected chi connectivity index (χ0v) is 12.5. The number of ketones is 1. The van der Waals surface area contributed by atoms with Gasteiger partial charge in [-0.1, -0.05) is 36.4 Å². The fraction of sp³-hybridized carbons (Fsp3) is 0.278. The number of rotatable bonds is 5. The van der Waals surface area contributed by atoms with Gasteiger partial charge in [-0.3, -0.25) is 4.79 Å². The third kappa shape index (κ3) is 2.83. The topological polar surface area (TPSA) is 59.1 Å². The van der Waals surface area contributed by atoms with Gasteiger partial charge in [0.1, 0.15) is 23.2 Å². The van der Waals surface area contributed by atoms with E-state index in [1.165, 1.54) is 6.07 Å². The fourth-order valence-electron chi connectivity index (χ4n) is 2.47. The standard InChI is InChI=1S/C18H18O4/c1-11(2)21-14-10-6-9-13(19)15(14)16(20)18-17(22-18)12-7-4-3-5-8-12/h3-11,17-19H,1-2H3/t17-,18-/m1/s1. The van der Waals surface area contributed by atoms with Gasteiger partial charge in [-0.25, -0.2) is 0 Å². The Bertz CT molecular complexity index is 679. The highest BCUT2D eigenvalue weighted by Gasteiger charge is 2.47. The summed E-state index contributed by atoms with van der Waals surface area (Å²) in [6.45, 7) is 3.75. The van der Waals surface area contributed by atoms with E-state index in [0.29, 0.717) is 5.75 Å². The van der Waals surface area contributed by atoms with E-state index in [1.54, 1.807) is 12.1 Å². The van der Waals surface area contributed by atoms with Crippen LogP contribution in [0.5, 0.6) is 11.5 Å². The van der Waals surface area contributed by atoms with Crippen LogP contribution in [0.4, 0.5) is 0 Å². The number of phenols is 1. The van der Waals surface area contributed by atoms with Gasteiger partial charge in [0.05, 0.1) is 6.10 Å². The number of hydrogen-bond donors (Lipinski definition) is 1. The second-order valence-corrected chi connectivity index (χ2v) is 5.57. The highest BCUT2D eigenvalue weighted by Crippen LogP contribution is 2.43. The molecular formula is C18H18O4. The van der Waals surface area contributed by atoms with E-state index >= 15 is 0 Å². The maximum absolute atomic E-state index is 12.6. The number of Topliss-reactive ketones (excluding diaryl/α,β-unsaturated/α-hetero) is 1. The number of epoxide rings is 1. The number of hydrogen-bond acceptors (Lipinski definition) is 4. The second kappa shape index (κ2) is 5.81. The first-order valence-corrected chi connectivity index (χ1v) is 7.31. The van der Waals surface area contributed by atoms with Crippen LogP contribution < -0.4 is 4.74 Å². The molecule has 0 spiro atoms. The molecule has 22 heavy (non-hydrogen) atoms. The van der Waals surface area contributed by atoms with Gasteiger partial charge >= 0.3 is 0 Å². The van der Waals surface area contributed by atoms with E-state index in [1.807, 2.05) is 44.2 Å². The summed E-state index contributed by atoms with van der Waals surface area (Å²) < 4.78 is 11.1. The number of phenolic OH excluding ortho intramolecular Hbond substituents is 1. The quantitative estimate of drug-likeness (QED) is 0.678. The molecule has 0 bridgehead atoms. The second-order valence-electron chi connectivity index (χ2n) is 5.57. The van der Waals surface area contributed by atoms with Crippen molar-refractivity contribution in [1.82, 2.24) is 0 Å². The summed E-state index contributed by atoms with van der Waals surface area (Å²) in [5.41, 5.74) is 1.15. The summed E-state index contributed by atoms with van der Waals surface area (Å²) in [5, 5.41) is 10.1. The molecule has 2 aromatic carbocycles. The van der Waals surface area contributed by atoms with Gasteiger partial charge in [0.15, 0.2) is 6.10 Å². The van der Waals surface area contributed by atoms with Crippen LogP contribution in [0.15, 0.2) is 48.5 Å². The maximum Gasteiger partial charge on any atom is 0.202 e. The maximum atomic E-state index is 12.6. The number of aromatic hydroxyl groups is 1. The number of carbonyl (C=O) groups excluding carboxylic acids is 1. The highest BCUT2D eigenvalue weighted by molar-refractivity contribution is 6.05. The summed E-state index contributed by atoms with van der Waals surface area (Å²) in [6.07, 6.45) is -0.899. The van der Waals surface area contributed by atoms with Crippen molar-refractivity contribution in [2.24, 2.45) is 0 Å². The van der Waals surface area contributed by atoms with Crippen LogP contribution in [-0.4, -0.2) is 23.1 Å². The molecule has 1 N–H and O–H groups in total. The van der Waals surface area contributed by atoms with Crippen molar-refractivity contribution in [3.05, 3.63) is 59.7 Å². The molecule has 0 radical (unpaired) electrons. The molecule has 0 aliphatic carbocycles. The highest BCUT2D eigenvalue weighted by atomic mass is 16.6. The zero-order valence-electron chi connectivity index (χ0n) is 12.5. The predicted octanol–water partition coefficient (Wildman–Crippen LogP) is 3.50. The summed E-state index contributed by atoms with van der Waals surface area (Å²) in [5.74, 6) is 0.0652. The van der Waals surface area contributed by atoms with E-state index in [9.17, 15) is 9.90 Å². The lowest BCUT2D eigenvalue weighted by Crippen LogP contribution is -2.14. The molecule has 1 aliphatic heterocycles. The first kappa shape index (κ1) is 14.6. The number of carbonyl (C=O) groups is 1. The Morgan fingerprint density at radius 2 is 1.86 bits per heavy atom. The first-order chi connectivity index (χ1) is 10.6. The minimum atomic E-state index is -0.565. The Labute approximate surface area is 129 Å². The first-order valence-electron chi connectivity index (χ1n) is 7.31. The molecule has 0 saturated carbocycles. The number of benzene rings is 2. The lowest BCUT2D eigenvalue weighted by atomic mass is 10.0. The van der Waals surface area contributed by atoms with Gasteiger partial charge in [0, 0.05) is 0 Å².